The highest BCUT2D eigenvalue weighted by Crippen LogP contribution is 2.44. The number of nitrogens with zero attached hydrogens (tertiary/aromatic N) is 2. The Morgan fingerprint density at radius 3 is 2.69 bits per heavy atom. The maximum Gasteiger partial charge on any atom is 0.338 e. The predicted molar refractivity (Wildman–Crippen MR) is 125 cm³/mol. The van der Waals surface area contributed by atoms with Crippen LogP contribution in [0, 0.1) is 5.82 Å². The van der Waals surface area contributed by atoms with Crippen molar-refractivity contribution in [2.75, 3.05) is 6.61 Å². The van der Waals surface area contributed by atoms with Gasteiger partial charge in [-0.2, -0.15) is 0 Å². The van der Waals surface area contributed by atoms with Crippen molar-refractivity contribution in [2.24, 2.45) is 4.99 Å². The molecule has 0 saturated heterocycles. The molecule has 166 valence electrons. The minimum absolute atomic E-state index is 0.107. The molecule has 5 nitrogen and oxygen atoms in total. The first kappa shape index (κ1) is 22.7. The van der Waals surface area contributed by atoms with Crippen molar-refractivity contribution in [3.8, 4) is 5.75 Å². The third-order valence-corrected chi connectivity index (χ3v) is 6.26. The van der Waals surface area contributed by atoms with Crippen LogP contribution in [0.2, 0.25) is 10.0 Å². The maximum atomic E-state index is 13.4. The lowest BCUT2D eigenvalue weighted by Gasteiger charge is -2.33. The Morgan fingerprint density at radius 1 is 1.25 bits per heavy atom. The van der Waals surface area contributed by atoms with E-state index in [0.717, 1.165) is 5.17 Å². The van der Waals surface area contributed by atoms with Crippen LogP contribution in [0.1, 0.15) is 31.0 Å². The lowest BCUT2D eigenvalue weighted by molar-refractivity contribution is -0.139. The molecule has 1 atom stereocenters. The molecule has 0 bridgehead atoms. The van der Waals surface area contributed by atoms with Crippen LogP contribution >= 0.6 is 35.0 Å². The normalized spacial score (nSPS) is 17.3. The molecule has 2 aromatic rings. The number of rotatable bonds is 6. The molecule has 2 aliphatic rings. The van der Waals surface area contributed by atoms with Crippen molar-refractivity contribution in [1.29, 1.82) is 0 Å². The molecule has 0 fully saturated rings. The number of carbonyl (C=O) groups excluding carboxylic acids is 1. The Bertz CT molecular complexity index is 1140. The molecule has 0 aliphatic carbocycles. The number of hydrogen-bond donors (Lipinski definition) is 0. The highest BCUT2D eigenvalue weighted by Gasteiger charge is 2.38. The second kappa shape index (κ2) is 9.57. The number of amidine groups is 1. The van der Waals surface area contributed by atoms with E-state index < -0.39 is 12.0 Å². The first-order valence-electron chi connectivity index (χ1n) is 9.83. The van der Waals surface area contributed by atoms with E-state index >= 15 is 0 Å². The average Bonchev–Trinajstić information content (AvgIpc) is 3.20. The fraction of sp³-hybridized carbons (Fsp3) is 0.217. The SMILES string of the molecule is CCOC(=O)C1=C(C)N=C2SC=CN2[C@H]1c1cc(Cl)c(OCc2cccc(F)c2)c(Cl)c1. The van der Waals surface area contributed by atoms with Crippen LogP contribution in [-0.2, 0) is 16.1 Å². The zero-order valence-corrected chi connectivity index (χ0v) is 19.6. The molecule has 2 aliphatic heterocycles. The van der Waals surface area contributed by atoms with E-state index in [1.165, 1.54) is 23.9 Å². The molecule has 0 radical (unpaired) electrons. The third-order valence-electron chi connectivity index (χ3n) is 4.92. The molecule has 4 rings (SSSR count). The zero-order chi connectivity index (χ0) is 22.8. The van der Waals surface area contributed by atoms with E-state index in [0.29, 0.717) is 22.4 Å². The number of aliphatic imine (C=N–C) groups is 1. The standard InChI is InChI=1S/C23H19Cl2FN2O3S/c1-3-30-22(29)19-13(2)27-23-28(7-8-32-23)20(19)15-10-17(24)21(18(25)11-15)31-12-14-5-4-6-16(26)9-14/h4-11,20H,3,12H2,1-2H3/t20-/m0/s1. The van der Waals surface area contributed by atoms with Gasteiger partial charge in [0.05, 0.1) is 34.0 Å². The molecule has 2 aromatic carbocycles. The molecular formula is C23H19Cl2FN2O3S. The molecule has 0 amide bonds. The Balaban J connectivity index is 1.68. The van der Waals surface area contributed by atoms with Gasteiger partial charge in [-0.15, -0.1) is 0 Å². The number of ether oxygens (including phenoxy) is 2. The molecule has 0 aromatic heterocycles. The number of fused-ring (bicyclic) bond motifs is 1. The van der Waals surface area contributed by atoms with Crippen LogP contribution in [0.5, 0.6) is 5.75 Å². The summed E-state index contributed by atoms with van der Waals surface area (Å²) in [5.74, 6) is -0.504. The van der Waals surface area contributed by atoms with Crippen molar-refractivity contribution in [1.82, 2.24) is 4.90 Å². The molecule has 2 heterocycles. The van der Waals surface area contributed by atoms with Gasteiger partial charge in [-0.05, 0) is 54.6 Å². The summed E-state index contributed by atoms with van der Waals surface area (Å²) in [5, 5.41) is 3.21. The number of allylic oxidation sites excluding steroid dienone is 1. The average molecular weight is 493 g/mol. The lowest BCUT2D eigenvalue weighted by Crippen LogP contribution is -2.34. The Kier molecular flexibility index (Phi) is 6.79. The Hall–Kier alpha value is -2.48. The van der Waals surface area contributed by atoms with Crippen molar-refractivity contribution in [2.45, 2.75) is 26.5 Å². The topological polar surface area (TPSA) is 51.1 Å². The van der Waals surface area contributed by atoms with Crippen molar-refractivity contribution in [3.05, 3.63) is 86.3 Å². The number of hydrogen-bond acceptors (Lipinski definition) is 6. The van der Waals surface area contributed by atoms with E-state index in [-0.39, 0.29) is 34.8 Å². The molecule has 0 saturated carbocycles. The van der Waals surface area contributed by atoms with Gasteiger partial charge >= 0.3 is 5.97 Å². The number of benzene rings is 2. The van der Waals surface area contributed by atoms with Gasteiger partial charge in [0.15, 0.2) is 10.9 Å². The molecule has 0 spiro atoms. The summed E-state index contributed by atoms with van der Waals surface area (Å²) in [6, 6.07) is 9.03. The number of halogens is 3. The predicted octanol–water partition coefficient (Wildman–Crippen LogP) is 6.48. The van der Waals surface area contributed by atoms with Crippen LogP contribution in [-0.4, -0.2) is 22.6 Å². The summed E-state index contributed by atoms with van der Waals surface area (Å²) >= 11 is 14.5. The van der Waals surface area contributed by atoms with Crippen LogP contribution in [0.4, 0.5) is 4.39 Å². The second-order valence-electron chi connectivity index (χ2n) is 7.06. The minimum atomic E-state index is -0.500. The number of esters is 1. The Morgan fingerprint density at radius 2 is 2.00 bits per heavy atom. The van der Waals surface area contributed by atoms with Crippen molar-refractivity contribution >= 4 is 46.1 Å². The Labute approximate surface area is 199 Å². The highest BCUT2D eigenvalue weighted by molar-refractivity contribution is 8.16. The van der Waals surface area contributed by atoms with E-state index in [4.69, 9.17) is 32.7 Å². The maximum absolute atomic E-state index is 13.4. The monoisotopic (exact) mass is 492 g/mol. The van der Waals surface area contributed by atoms with Gasteiger partial charge in [0.25, 0.3) is 0 Å². The van der Waals surface area contributed by atoms with Crippen LogP contribution in [0.25, 0.3) is 0 Å². The number of carbonyl (C=O) groups is 1. The molecule has 9 heteroatoms. The van der Waals surface area contributed by atoms with E-state index in [1.54, 1.807) is 38.1 Å². The number of thioether (sulfide) groups is 1. The van der Waals surface area contributed by atoms with Gasteiger partial charge in [0.1, 0.15) is 12.4 Å². The summed E-state index contributed by atoms with van der Waals surface area (Å²) in [5.41, 5.74) is 2.34. The van der Waals surface area contributed by atoms with E-state index in [1.807, 2.05) is 16.5 Å². The molecular weight excluding hydrogens is 474 g/mol. The molecule has 0 N–H and O–H groups in total. The summed E-state index contributed by atoms with van der Waals surface area (Å²) < 4.78 is 24.5. The zero-order valence-electron chi connectivity index (χ0n) is 17.3. The third kappa shape index (κ3) is 4.51. The minimum Gasteiger partial charge on any atom is -0.486 e. The van der Waals surface area contributed by atoms with Gasteiger partial charge in [-0.1, -0.05) is 47.1 Å². The summed E-state index contributed by atoms with van der Waals surface area (Å²) in [6.45, 7) is 3.89. The van der Waals surface area contributed by atoms with E-state index in [9.17, 15) is 9.18 Å². The molecule has 32 heavy (non-hydrogen) atoms. The quantitative estimate of drug-likeness (QED) is 0.432. The van der Waals surface area contributed by atoms with Crippen LogP contribution in [0.15, 0.2) is 64.3 Å². The lowest BCUT2D eigenvalue weighted by atomic mass is 9.94. The van der Waals surface area contributed by atoms with Crippen molar-refractivity contribution < 1.29 is 18.7 Å². The first-order chi connectivity index (χ1) is 15.4. The van der Waals surface area contributed by atoms with Gasteiger partial charge in [0.2, 0.25) is 0 Å². The smallest absolute Gasteiger partial charge is 0.338 e. The van der Waals surface area contributed by atoms with Crippen LogP contribution < -0.4 is 4.74 Å². The van der Waals surface area contributed by atoms with Gasteiger partial charge in [0, 0.05) is 6.20 Å². The summed E-state index contributed by atoms with van der Waals surface area (Å²) in [6.07, 6.45) is 1.86. The fourth-order valence-electron chi connectivity index (χ4n) is 3.56. The van der Waals surface area contributed by atoms with Gasteiger partial charge in [-0.3, -0.25) is 0 Å². The largest absolute Gasteiger partial charge is 0.486 e. The van der Waals surface area contributed by atoms with Crippen LogP contribution in [0.3, 0.4) is 0 Å². The van der Waals surface area contributed by atoms with Gasteiger partial charge in [-0.25, -0.2) is 14.2 Å². The summed E-state index contributed by atoms with van der Waals surface area (Å²) in [4.78, 5) is 19.2. The van der Waals surface area contributed by atoms with Crippen molar-refractivity contribution in [3.63, 3.8) is 0 Å². The van der Waals surface area contributed by atoms with Gasteiger partial charge < -0.3 is 14.4 Å². The van der Waals surface area contributed by atoms with E-state index in [2.05, 4.69) is 4.99 Å². The fourth-order valence-corrected chi connectivity index (χ4v) is 4.96. The summed E-state index contributed by atoms with van der Waals surface area (Å²) in [7, 11) is 0. The second-order valence-corrected chi connectivity index (χ2v) is 8.75. The first-order valence-corrected chi connectivity index (χ1v) is 11.5. The molecule has 0 unspecified atom stereocenters. The highest BCUT2D eigenvalue weighted by atomic mass is 35.5.